The molecule has 1 amide bonds. The van der Waals surface area contributed by atoms with Crippen LogP contribution < -0.4 is 14.4 Å². The maximum atomic E-state index is 11.4. The first-order chi connectivity index (χ1) is 9.65. The molecule has 0 spiro atoms. The summed E-state index contributed by atoms with van der Waals surface area (Å²) in [5.74, 6) is -0.795. The summed E-state index contributed by atoms with van der Waals surface area (Å²) >= 11 is 0. The van der Waals surface area contributed by atoms with Gasteiger partial charge in [-0.2, -0.15) is 0 Å². The van der Waals surface area contributed by atoms with Gasteiger partial charge in [0, 0.05) is 37.9 Å². The summed E-state index contributed by atoms with van der Waals surface area (Å²) in [6, 6.07) is 5.69. The third-order valence-corrected chi connectivity index (χ3v) is 3.47. The highest BCUT2D eigenvalue weighted by Crippen LogP contribution is 2.35. The highest BCUT2D eigenvalue weighted by atomic mass is 16.7. The highest BCUT2D eigenvalue weighted by molar-refractivity contribution is 6.31. The number of carbonyl (C=O) groups is 2. The van der Waals surface area contributed by atoms with Crippen LogP contribution in [0.15, 0.2) is 18.2 Å². The van der Waals surface area contributed by atoms with E-state index >= 15 is 0 Å². The maximum Gasteiger partial charge on any atom is 0.394 e. The molecule has 2 aliphatic rings. The number of ether oxygens (including phenoxy) is 2. The molecule has 1 fully saturated rings. The standard InChI is InChI=1S/C13H14N2O5/c16-12(13(17)18)15-5-3-14(4-6-15)9-1-2-10-11(7-9)20-8-19-10/h1-2,7H,3-6,8H2,(H,17,18). The second-order valence-electron chi connectivity index (χ2n) is 4.62. The zero-order chi connectivity index (χ0) is 14.1. The van der Waals surface area contributed by atoms with Crippen LogP contribution in [0, 0.1) is 0 Å². The molecule has 3 rings (SSSR count). The number of anilines is 1. The summed E-state index contributed by atoms with van der Waals surface area (Å²) < 4.78 is 10.6. The van der Waals surface area contributed by atoms with Gasteiger partial charge in [-0.25, -0.2) is 4.79 Å². The first-order valence-corrected chi connectivity index (χ1v) is 6.32. The van der Waals surface area contributed by atoms with Crippen LogP contribution >= 0.6 is 0 Å². The van der Waals surface area contributed by atoms with E-state index in [1.165, 1.54) is 4.90 Å². The molecule has 0 saturated carbocycles. The van der Waals surface area contributed by atoms with Crippen molar-refractivity contribution < 1.29 is 24.2 Å². The molecular formula is C13H14N2O5. The molecule has 0 aromatic heterocycles. The molecule has 0 radical (unpaired) electrons. The van der Waals surface area contributed by atoms with Crippen LogP contribution in [0.5, 0.6) is 11.5 Å². The van der Waals surface area contributed by atoms with Gasteiger partial charge in [-0.3, -0.25) is 4.79 Å². The Balaban J connectivity index is 1.66. The number of piperazine rings is 1. The topological polar surface area (TPSA) is 79.3 Å². The van der Waals surface area contributed by atoms with Gasteiger partial charge in [0.25, 0.3) is 0 Å². The van der Waals surface area contributed by atoms with Crippen molar-refractivity contribution in [1.29, 1.82) is 0 Å². The zero-order valence-corrected chi connectivity index (χ0v) is 10.7. The van der Waals surface area contributed by atoms with Crippen LogP contribution in [-0.4, -0.2) is 54.9 Å². The monoisotopic (exact) mass is 278 g/mol. The minimum atomic E-state index is -1.40. The predicted molar refractivity (Wildman–Crippen MR) is 69.0 cm³/mol. The average molecular weight is 278 g/mol. The molecule has 1 aromatic carbocycles. The van der Waals surface area contributed by atoms with Gasteiger partial charge in [0.05, 0.1) is 0 Å². The van der Waals surface area contributed by atoms with E-state index in [0.29, 0.717) is 31.9 Å². The molecule has 1 aromatic rings. The van der Waals surface area contributed by atoms with E-state index in [1.54, 1.807) is 0 Å². The Bertz CT molecular complexity index is 552. The molecule has 7 heteroatoms. The van der Waals surface area contributed by atoms with Gasteiger partial charge in [-0.15, -0.1) is 0 Å². The van der Waals surface area contributed by atoms with Crippen molar-refractivity contribution in [3.63, 3.8) is 0 Å². The van der Waals surface area contributed by atoms with Crippen molar-refractivity contribution in [2.75, 3.05) is 37.9 Å². The fourth-order valence-corrected chi connectivity index (χ4v) is 2.38. The number of amides is 1. The van der Waals surface area contributed by atoms with Crippen LogP contribution in [-0.2, 0) is 9.59 Å². The van der Waals surface area contributed by atoms with Crippen LogP contribution in [0.1, 0.15) is 0 Å². The molecule has 1 N–H and O–H groups in total. The van der Waals surface area contributed by atoms with Crippen molar-refractivity contribution in [3.05, 3.63) is 18.2 Å². The van der Waals surface area contributed by atoms with Crippen LogP contribution in [0.2, 0.25) is 0 Å². The summed E-state index contributed by atoms with van der Waals surface area (Å²) in [6.45, 7) is 2.23. The van der Waals surface area contributed by atoms with E-state index in [0.717, 1.165) is 11.4 Å². The lowest BCUT2D eigenvalue weighted by Gasteiger charge is -2.35. The van der Waals surface area contributed by atoms with Gasteiger partial charge < -0.3 is 24.4 Å². The zero-order valence-electron chi connectivity index (χ0n) is 10.7. The first kappa shape index (κ1) is 12.6. The van der Waals surface area contributed by atoms with Gasteiger partial charge in [0.15, 0.2) is 11.5 Å². The Morgan fingerprint density at radius 1 is 1.05 bits per heavy atom. The van der Waals surface area contributed by atoms with Crippen LogP contribution in [0.4, 0.5) is 5.69 Å². The average Bonchev–Trinajstić information content (AvgIpc) is 2.94. The third kappa shape index (κ3) is 2.22. The minimum Gasteiger partial charge on any atom is -0.474 e. The SMILES string of the molecule is O=C(O)C(=O)N1CCN(c2ccc3c(c2)OCO3)CC1. The molecule has 20 heavy (non-hydrogen) atoms. The Labute approximate surface area is 115 Å². The van der Waals surface area contributed by atoms with Gasteiger partial charge in [-0.05, 0) is 12.1 Å². The van der Waals surface area contributed by atoms with Crippen molar-refractivity contribution >= 4 is 17.6 Å². The number of hydrogen-bond acceptors (Lipinski definition) is 5. The van der Waals surface area contributed by atoms with Crippen LogP contribution in [0.25, 0.3) is 0 Å². The number of hydrogen-bond donors (Lipinski definition) is 1. The lowest BCUT2D eigenvalue weighted by molar-refractivity contribution is -0.156. The van der Waals surface area contributed by atoms with E-state index in [4.69, 9.17) is 14.6 Å². The van der Waals surface area contributed by atoms with Crippen LogP contribution in [0.3, 0.4) is 0 Å². The van der Waals surface area contributed by atoms with E-state index in [1.807, 2.05) is 18.2 Å². The number of nitrogens with zero attached hydrogens (tertiary/aromatic N) is 2. The van der Waals surface area contributed by atoms with Crippen molar-refractivity contribution in [2.24, 2.45) is 0 Å². The molecule has 0 atom stereocenters. The molecule has 7 nitrogen and oxygen atoms in total. The van der Waals surface area contributed by atoms with E-state index < -0.39 is 11.9 Å². The number of carboxylic acid groups (broad SMARTS) is 1. The number of fused-ring (bicyclic) bond motifs is 1. The summed E-state index contributed by atoms with van der Waals surface area (Å²) in [5.41, 5.74) is 0.983. The van der Waals surface area contributed by atoms with E-state index in [9.17, 15) is 9.59 Å². The number of benzene rings is 1. The number of aliphatic carboxylic acids is 1. The molecule has 0 unspecified atom stereocenters. The summed E-state index contributed by atoms with van der Waals surface area (Å²) in [4.78, 5) is 25.5. The molecule has 1 saturated heterocycles. The Kier molecular flexibility index (Phi) is 3.09. The molecular weight excluding hydrogens is 264 g/mol. The smallest absolute Gasteiger partial charge is 0.394 e. The largest absolute Gasteiger partial charge is 0.474 e. The second kappa shape index (κ2) is 4.92. The lowest BCUT2D eigenvalue weighted by Crippen LogP contribution is -2.50. The van der Waals surface area contributed by atoms with E-state index in [-0.39, 0.29) is 6.79 Å². The van der Waals surface area contributed by atoms with Gasteiger partial charge in [0.2, 0.25) is 6.79 Å². The van der Waals surface area contributed by atoms with Gasteiger partial charge >= 0.3 is 11.9 Å². The fraction of sp³-hybridized carbons (Fsp3) is 0.385. The molecule has 106 valence electrons. The van der Waals surface area contributed by atoms with Crippen molar-refractivity contribution in [1.82, 2.24) is 4.90 Å². The molecule has 0 bridgehead atoms. The predicted octanol–water partition coefficient (Wildman–Crippen LogP) is 0.148. The Morgan fingerprint density at radius 3 is 2.45 bits per heavy atom. The van der Waals surface area contributed by atoms with Crippen molar-refractivity contribution in [3.8, 4) is 11.5 Å². The quantitative estimate of drug-likeness (QED) is 0.737. The summed E-state index contributed by atoms with van der Waals surface area (Å²) in [6.07, 6.45) is 0. The normalized spacial score (nSPS) is 17.2. The molecule has 0 aliphatic carbocycles. The minimum absolute atomic E-state index is 0.236. The Morgan fingerprint density at radius 2 is 1.75 bits per heavy atom. The van der Waals surface area contributed by atoms with E-state index in [2.05, 4.69) is 4.90 Å². The number of carbonyl (C=O) groups excluding carboxylic acids is 1. The number of carboxylic acids is 1. The molecule has 2 heterocycles. The fourth-order valence-electron chi connectivity index (χ4n) is 2.38. The first-order valence-electron chi connectivity index (χ1n) is 6.32. The molecule has 2 aliphatic heterocycles. The second-order valence-corrected chi connectivity index (χ2v) is 4.62. The third-order valence-electron chi connectivity index (χ3n) is 3.47. The lowest BCUT2D eigenvalue weighted by atomic mass is 10.2. The maximum absolute atomic E-state index is 11.4. The number of rotatable bonds is 1. The van der Waals surface area contributed by atoms with Crippen molar-refractivity contribution in [2.45, 2.75) is 0 Å². The van der Waals surface area contributed by atoms with Gasteiger partial charge in [-0.1, -0.05) is 0 Å². The summed E-state index contributed by atoms with van der Waals surface area (Å²) in [5, 5.41) is 8.69. The summed E-state index contributed by atoms with van der Waals surface area (Å²) in [7, 11) is 0. The Hall–Kier alpha value is -2.44. The highest BCUT2D eigenvalue weighted by Gasteiger charge is 2.26. The van der Waals surface area contributed by atoms with Gasteiger partial charge in [0.1, 0.15) is 0 Å².